The molecule has 0 aliphatic heterocycles. The summed E-state index contributed by atoms with van der Waals surface area (Å²) in [5.74, 6) is -2.93. The highest BCUT2D eigenvalue weighted by Gasteiger charge is 2.22. The zero-order valence-corrected chi connectivity index (χ0v) is 18.6. The molecule has 5 nitrogen and oxygen atoms in total. The number of hydrogen-bond acceptors (Lipinski definition) is 5. The molecule has 0 aliphatic carbocycles. The van der Waals surface area contributed by atoms with Gasteiger partial charge >= 0.3 is 0 Å². The van der Waals surface area contributed by atoms with Crippen molar-refractivity contribution in [2.45, 2.75) is 19.0 Å². The van der Waals surface area contributed by atoms with Gasteiger partial charge < -0.3 is 10.4 Å². The molecule has 2 atom stereocenters. The van der Waals surface area contributed by atoms with E-state index >= 15 is 0 Å². The maximum atomic E-state index is 13.7. The van der Waals surface area contributed by atoms with E-state index in [1.54, 1.807) is 43.3 Å². The van der Waals surface area contributed by atoms with Gasteiger partial charge in [-0.15, -0.1) is 12.4 Å². The highest BCUT2D eigenvalue weighted by Crippen LogP contribution is 2.30. The molecule has 0 saturated carbocycles. The van der Waals surface area contributed by atoms with Crippen molar-refractivity contribution in [1.82, 2.24) is 5.32 Å². The van der Waals surface area contributed by atoms with Crippen LogP contribution in [0.25, 0.3) is 0 Å². The standard InChI is InChI=1S/C25H19F3N2O3.ClH/c1-13(15-7-10-19(27)20(28)12-15)29-21(14-5-8-17(26)9-6-14)16-3-2-4-18(11-16)30-22-23(31)25(33)24(22)32;/h2-13,21,29-31H,1H3;1H. The van der Waals surface area contributed by atoms with Crippen LogP contribution in [0.4, 0.5) is 24.5 Å². The molecule has 34 heavy (non-hydrogen) atoms. The van der Waals surface area contributed by atoms with Crippen LogP contribution in [0.3, 0.4) is 0 Å². The van der Waals surface area contributed by atoms with E-state index in [1.165, 1.54) is 18.2 Å². The minimum Gasteiger partial charge on any atom is -0.502 e. The van der Waals surface area contributed by atoms with Gasteiger partial charge in [-0.25, -0.2) is 13.2 Å². The van der Waals surface area contributed by atoms with Gasteiger partial charge in [-0.1, -0.05) is 30.3 Å². The Balaban J connectivity index is 0.00000324. The van der Waals surface area contributed by atoms with E-state index in [4.69, 9.17) is 0 Å². The Morgan fingerprint density at radius 2 is 1.47 bits per heavy atom. The molecule has 3 N–H and O–H groups in total. The summed E-state index contributed by atoms with van der Waals surface area (Å²) in [4.78, 5) is 22.9. The van der Waals surface area contributed by atoms with Gasteiger partial charge in [-0.05, 0) is 60.0 Å². The Morgan fingerprint density at radius 1 is 0.794 bits per heavy atom. The van der Waals surface area contributed by atoms with Crippen molar-refractivity contribution in [3.8, 4) is 5.75 Å². The first-order valence-corrected chi connectivity index (χ1v) is 10.1. The first-order valence-electron chi connectivity index (χ1n) is 10.1. The smallest absolute Gasteiger partial charge is 0.271 e. The van der Waals surface area contributed by atoms with Crippen LogP contribution in [0.15, 0.2) is 76.3 Å². The topological polar surface area (TPSA) is 78.4 Å². The first kappa shape index (κ1) is 25.0. The van der Waals surface area contributed by atoms with E-state index < -0.39 is 46.1 Å². The average Bonchev–Trinajstić information content (AvgIpc) is 2.82. The zero-order valence-electron chi connectivity index (χ0n) is 17.8. The number of rotatable bonds is 7. The van der Waals surface area contributed by atoms with Crippen LogP contribution in [-0.2, 0) is 0 Å². The van der Waals surface area contributed by atoms with Gasteiger partial charge in [-0.2, -0.15) is 0 Å². The van der Waals surface area contributed by atoms with Crippen molar-refractivity contribution in [2.75, 3.05) is 5.32 Å². The molecule has 0 amide bonds. The Labute approximate surface area is 199 Å². The van der Waals surface area contributed by atoms with Gasteiger partial charge in [-0.3, -0.25) is 14.9 Å². The fourth-order valence-corrected chi connectivity index (χ4v) is 3.60. The molecule has 0 bridgehead atoms. The van der Waals surface area contributed by atoms with E-state index in [2.05, 4.69) is 10.6 Å². The Bertz CT molecular complexity index is 1390. The normalized spacial score (nSPS) is 12.7. The monoisotopic (exact) mass is 488 g/mol. The van der Waals surface area contributed by atoms with E-state index in [-0.39, 0.29) is 18.1 Å². The molecule has 0 heterocycles. The Kier molecular flexibility index (Phi) is 7.44. The molecular weight excluding hydrogens is 469 g/mol. The summed E-state index contributed by atoms with van der Waals surface area (Å²) in [5.41, 5.74) is 0.448. The van der Waals surface area contributed by atoms with Crippen LogP contribution < -0.4 is 21.5 Å². The fourth-order valence-electron chi connectivity index (χ4n) is 3.60. The summed E-state index contributed by atoms with van der Waals surface area (Å²) in [5, 5.41) is 15.7. The van der Waals surface area contributed by atoms with Crippen molar-refractivity contribution < 1.29 is 18.3 Å². The number of nitrogens with one attached hydrogen (secondary N) is 2. The first-order chi connectivity index (χ1) is 15.7. The average molecular weight is 489 g/mol. The Morgan fingerprint density at radius 3 is 2.12 bits per heavy atom. The van der Waals surface area contributed by atoms with Crippen LogP contribution in [0.1, 0.15) is 35.7 Å². The maximum Gasteiger partial charge on any atom is 0.271 e. The second kappa shape index (κ2) is 10.1. The van der Waals surface area contributed by atoms with Crippen molar-refractivity contribution in [3.63, 3.8) is 0 Å². The van der Waals surface area contributed by atoms with Crippen molar-refractivity contribution in [3.05, 3.63) is 121 Å². The quantitative estimate of drug-likeness (QED) is 0.319. The van der Waals surface area contributed by atoms with Crippen LogP contribution in [0.2, 0.25) is 0 Å². The summed E-state index contributed by atoms with van der Waals surface area (Å²) in [6.45, 7) is 1.78. The van der Waals surface area contributed by atoms with Gasteiger partial charge in [0.05, 0.1) is 6.04 Å². The molecule has 0 spiro atoms. The van der Waals surface area contributed by atoms with Crippen molar-refractivity contribution in [2.24, 2.45) is 0 Å². The third-order valence-electron chi connectivity index (χ3n) is 5.44. The molecule has 176 valence electrons. The molecular formula is C25H20ClF3N2O3. The van der Waals surface area contributed by atoms with Crippen LogP contribution in [0.5, 0.6) is 5.75 Å². The van der Waals surface area contributed by atoms with Crippen LogP contribution in [-0.4, -0.2) is 5.11 Å². The maximum absolute atomic E-state index is 13.7. The minimum absolute atomic E-state index is 0. The van der Waals surface area contributed by atoms with E-state index in [1.807, 2.05) is 0 Å². The molecule has 0 aliphatic rings. The van der Waals surface area contributed by atoms with E-state index in [9.17, 15) is 27.9 Å². The minimum atomic E-state index is -0.960. The van der Waals surface area contributed by atoms with Gasteiger partial charge in [0, 0.05) is 11.7 Å². The lowest BCUT2D eigenvalue weighted by Crippen LogP contribution is -2.32. The molecule has 4 aromatic rings. The summed E-state index contributed by atoms with van der Waals surface area (Å²) >= 11 is 0. The second-order valence-corrected chi connectivity index (χ2v) is 7.68. The molecule has 4 aromatic carbocycles. The summed E-state index contributed by atoms with van der Waals surface area (Å²) in [6, 6.07) is 15.4. The summed E-state index contributed by atoms with van der Waals surface area (Å²) < 4.78 is 40.6. The molecule has 2 unspecified atom stereocenters. The molecule has 0 aromatic heterocycles. The third kappa shape index (κ3) is 4.98. The number of anilines is 2. The number of aromatic hydroxyl groups is 1. The SMILES string of the molecule is CC(NC(c1ccc(F)cc1)c1cccc(Nc2c(O)c(=O)c2=O)c1)c1ccc(F)c(F)c1.Cl. The lowest BCUT2D eigenvalue weighted by Gasteiger charge is -2.25. The van der Waals surface area contributed by atoms with E-state index in [0.717, 1.165) is 12.1 Å². The van der Waals surface area contributed by atoms with Crippen LogP contribution in [0, 0.1) is 17.5 Å². The van der Waals surface area contributed by atoms with Crippen LogP contribution >= 0.6 is 12.4 Å². The fraction of sp³-hybridized carbons (Fsp3) is 0.120. The lowest BCUT2D eigenvalue weighted by atomic mass is 9.96. The van der Waals surface area contributed by atoms with E-state index in [0.29, 0.717) is 22.4 Å². The summed E-state index contributed by atoms with van der Waals surface area (Å²) in [6.07, 6.45) is 0. The molecule has 4 rings (SSSR count). The zero-order chi connectivity index (χ0) is 23.7. The molecule has 0 saturated heterocycles. The Hall–Kier alpha value is -3.62. The number of benzene rings is 3. The number of halogens is 4. The van der Waals surface area contributed by atoms with Gasteiger partial charge in [0.1, 0.15) is 11.5 Å². The second-order valence-electron chi connectivity index (χ2n) is 7.68. The molecule has 0 radical (unpaired) electrons. The predicted octanol–water partition coefficient (Wildman–Crippen LogP) is 5.01. The van der Waals surface area contributed by atoms with Crippen molar-refractivity contribution in [1.29, 1.82) is 0 Å². The molecule has 9 heteroatoms. The van der Waals surface area contributed by atoms with Crippen molar-refractivity contribution >= 4 is 23.8 Å². The largest absolute Gasteiger partial charge is 0.502 e. The third-order valence-corrected chi connectivity index (χ3v) is 5.44. The highest BCUT2D eigenvalue weighted by molar-refractivity contribution is 5.85. The van der Waals surface area contributed by atoms with Gasteiger partial charge in [0.15, 0.2) is 17.4 Å². The van der Waals surface area contributed by atoms with Gasteiger partial charge in [0.2, 0.25) is 0 Å². The summed E-state index contributed by atoms with van der Waals surface area (Å²) in [7, 11) is 0. The predicted molar refractivity (Wildman–Crippen MR) is 126 cm³/mol. The lowest BCUT2D eigenvalue weighted by molar-refractivity contribution is 0.466. The van der Waals surface area contributed by atoms with Gasteiger partial charge in [0.25, 0.3) is 10.9 Å². The highest BCUT2D eigenvalue weighted by atomic mass is 35.5. The molecule has 0 fully saturated rings. The number of hydrogen-bond donors (Lipinski definition) is 3.